The van der Waals surface area contributed by atoms with E-state index in [0.29, 0.717) is 0 Å². The summed E-state index contributed by atoms with van der Waals surface area (Å²) >= 11 is 3.33. The molecule has 7 heteroatoms. The first-order chi connectivity index (χ1) is 12.3. The molecule has 3 rings (SSSR count). The number of hydrogen-bond acceptors (Lipinski definition) is 7. The van der Waals surface area contributed by atoms with Gasteiger partial charge in [0.15, 0.2) is 6.17 Å². The third-order valence-corrected chi connectivity index (χ3v) is 6.15. The average molecular weight is 375 g/mol. The van der Waals surface area contributed by atoms with E-state index in [9.17, 15) is 5.26 Å². The molecule has 2 aliphatic rings. The van der Waals surface area contributed by atoms with Crippen molar-refractivity contribution in [2.75, 3.05) is 12.9 Å². The summed E-state index contributed by atoms with van der Waals surface area (Å²) in [4.78, 5) is 5.99. The molecular weight excluding hydrogens is 352 g/mol. The quantitative estimate of drug-likeness (QED) is 0.714. The maximum atomic E-state index is 9.62. The van der Waals surface area contributed by atoms with E-state index in [2.05, 4.69) is 29.7 Å². The van der Waals surface area contributed by atoms with Crippen molar-refractivity contribution in [2.45, 2.75) is 35.7 Å². The third kappa shape index (κ3) is 4.21. The predicted octanol–water partition coefficient (Wildman–Crippen LogP) is 3.21. The fourth-order valence-electron chi connectivity index (χ4n) is 2.94. The fourth-order valence-corrected chi connectivity index (χ4v) is 4.64. The van der Waals surface area contributed by atoms with E-state index in [-0.39, 0.29) is 24.1 Å². The number of unbranched alkanes of at least 4 members (excludes halogenated alkanes) is 1. The summed E-state index contributed by atoms with van der Waals surface area (Å²) in [6.07, 6.45) is 6.43. The molecule has 0 bridgehead atoms. The Morgan fingerprint density at radius 3 is 2.80 bits per heavy atom. The Bertz CT molecular complexity index is 686. The highest BCUT2D eigenvalue weighted by molar-refractivity contribution is 8.03. The van der Waals surface area contributed by atoms with Crippen molar-refractivity contribution >= 4 is 29.2 Å². The molecule has 1 saturated heterocycles. The van der Waals surface area contributed by atoms with Gasteiger partial charge in [-0.05, 0) is 43.7 Å². The number of hydrogen-bond donors (Lipinski definition) is 2. The minimum Gasteiger partial charge on any atom is -0.396 e. The molecule has 0 aliphatic carbocycles. The molecule has 0 saturated carbocycles. The molecule has 0 radical (unpaired) electrons. The van der Waals surface area contributed by atoms with E-state index in [1.165, 1.54) is 0 Å². The maximum Gasteiger partial charge on any atom is 0.154 e. The summed E-state index contributed by atoms with van der Waals surface area (Å²) in [6, 6.07) is 12.7. The number of rotatable bonds is 7. The number of nitrogens with zero attached hydrogens (tertiary/aromatic N) is 3. The van der Waals surface area contributed by atoms with Gasteiger partial charge in [0, 0.05) is 17.2 Å². The van der Waals surface area contributed by atoms with Crippen LogP contribution in [0.5, 0.6) is 0 Å². The summed E-state index contributed by atoms with van der Waals surface area (Å²) in [5, 5.41) is 21.8. The lowest BCUT2D eigenvalue weighted by Gasteiger charge is -2.30. The second kappa shape index (κ2) is 8.77. The van der Waals surface area contributed by atoms with Gasteiger partial charge in [0.25, 0.3) is 0 Å². The Morgan fingerprint density at radius 1 is 1.32 bits per heavy atom. The molecule has 3 unspecified atom stereocenters. The molecule has 3 atom stereocenters. The Kier molecular flexibility index (Phi) is 6.43. The number of aliphatic imine (C=N–C) groups is 1. The molecule has 0 aromatic heterocycles. The van der Waals surface area contributed by atoms with Crippen molar-refractivity contribution in [3.05, 3.63) is 41.4 Å². The van der Waals surface area contributed by atoms with Crippen LogP contribution >= 0.6 is 23.5 Å². The molecule has 132 valence electrons. The Labute approximate surface area is 157 Å². The highest BCUT2D eigenvalue weighted by Crippen LogP contribution is 2.39. The summed E-state index contributed by atoms with van der Waals surface area (Å²) in [5.41, 5.74) is 4.45. The normalized spacial score (nSPS) is 25.2. The highest BCUT2D eigenvalue weighted by Gasteiger charge is 2.44. The van der Waals surface area contributed by atoms with Crippen molar-refractivity contribution in [1.29, 1.82) is 5.26 Å². The van der Waals surface area contributed by atoms with Crippen LogP contribution in [-0.4, -0.2) is 40.2 Å². The SMILES string of the molecule is CSC1NN2C(Sc3ccccc3)=CC(CCCCO)=NC2C1C#N. The van der Waals surface area contributed by atoms with Gasteiger partial charge in [-0.15, -0.1) is 11.8 Å². The van der Waals surface area contributed by atoms with Crippen LogP contribution in [-0.2, 0) is 0 Å². The van der Waals surface area contributed by atoms with Crippen LogP contribution in [0.25, 0.3) is 0 Å². The van der Waals surface area contributed by atoms with E-state index in [1.54, 1.807) is 23.5 Å². The second-order valence-electron chi connectivity index (χ2n) is 5.92. The third-order valence-electron chi connectivity index (χ3n) is 4.21. The largest absolute Gasteiger partial charge is 0.396 e. The number of hydrazine groups is 1. The maximum absolute atomic E-state index is 9.62. The van der Waals surface area contributed by atoms with Crippen molar-refractivity contribution in [1.82, 2.24) is 10.4 Å². The van der Waals surface area contributed by atoms with Crippen LogP contribution in [0, 0.1) is 17.2 Å². The van der Waals surface area contributed by atoms with E-state index < -0.39 is 0 Å². The number of fused-ring (bicyclic) bond motifs is 1. The van der Waals surface area contributed by atoms with E-state index >= 15 is 0 Å². The standard InChI is InChI=1S/C18H22N4OS2/c1-24-18-15(12-19)17-20-13(7-5-6-10-23)11-16(22(17)21-18)25-14-8-3-2-4-9-14/h2-4,8-9,11,15,17-18,21,23H,5-7,10H2,1H3. The molecule has 2 aliphatic heterocycles. The molecule has 1 aromatic carbocycles. The first kappa shape index (κ1) is 18.3. The molecule has 0 amide bonds. The van der Waals surface area contributed by atoms with Gasteiger partial charge in [-0.25, -0.2) is 5.43 Å². The van der Waals surface area contributed by atoms with E-state index in [1.807, 2.05) is 29.5 Å². The van der Waals surface area contributed by atoms with Gasteiger partial charge in [0.2, 0.25) is 0 Å². The zero-order chi connectivity index (χ0) is 17.6. The Morgan fingerprint density at radius 2 is 2.12 bits per heavy atom. The van der Waals surface area contributed by atoms with Crippen molar-refractivity contribution in [3.8, 4) is 6.07 Å². The molecule has 2 N–H and O–H groups in total. The van der Waals surface area contributed by atoms with Crippen LogP contribution in [0.1, 0.15) is 19.3 Å². The lowest BCUT2D eigenvalue weighted by atomic mass is 10.1. The predicted molar refractivity (Wildman–Crippen MR) is 104 cm³/mol. The summed E-state index contributed by atoms with van der Waals surface area (Å²) < 4.78 is 0. The number of allylic oxidation sites excluding steroid dienone is 1. The topological polar surface area (TPSA) is 71.7 Å². The molecular formula is C18H22N4OS2. The van der Waals surface area contributed by atoms with Crippen LogP contribution < -0.4 is 5.43 Å². The van der Waals surface area contributed by atoms with Crippen molar-refractivity contribution in [3.63, 3.8) is 0 Å². The van der Waals surface area contributed by atoms with Crippen LogP contribution in [0.4, 0.5) is 0 Å². The monoisotopic (exact) mass is 374 g/mol. The lowest BCUT2D eigenvalue weighted by molar-refractivity contribution is 0.258. The van der Waals surface area contributed by atoms with E-state index in [0.717, 1.165) is 34.9 Å². The minimum absolute atomic E-state index is 0.0373. The number of nitriles is 1. The highest BCUT2D eigenvalue weighted by atomic mass is 32.2. The zero-order valence-electron chi connectivity index (χ0n) is 14.1. The van der Waals surface area contributed by atoms with Gasteiger partial charge in [-0.2, -0.15) is 5.26 Å². The fraction of sp³-hybridized carbons (Fsp3) is 0.444. The number of benzene rings is 1. The van der Waals surface area contributed by atoms with E-state index in [4.69, 9.17) is 10.1 Å². The molecule has 1 fully saturated rings. The van der Waals surface area contributed by atoms with Crippen LogP contribution in [0.15, 0.2) is 51.3 Å². The van der Waals surface area contributed by atoms with Crippen LogP contribution in [0.3, 0.4) is 0 Å². The summed E-state index contributed by atoms with van der Waals surface area (Å²) in [6.45, 7) is 0.203. The molecule has 1 aromatic rings. The molecule has 0 spiro atoms. The smallest absolute Gasteiger partial charge is 0.154 e. The minimum atomic E-state index is -0.192. The van der Waals surface area contributed by atoms with Gasteiger partial charge in [-0.3, -0.25) is 10.0 Å². The Balaban J connectivity index is 1.85. The lowest BCUT2D eigenvalue weighted by Crippen LogP contribution is -2.39. The number of aliphatic hydroxyl groups excluding tert-OH is 1. The summed E-state index contributed by atoms with van der Waals surface area (Å²) in [7, 11) is 0. The number of thioether (sulfide) groups is 2. The van der Waals surface area contributed by atoms with Gasteiger partial charge in [0.05, 0.1) is 16.5 Å². The van der Waals surface area contributed by atoms with Gasteiger partial charge in [-0.1, -0.05) is 30.0 Å². The van der Waals surface area contributed by atoms with Crippen molar-refractivity contribution < 1.29 is 5.11 Å². The van der Waals surface area contributed by atoms with Gasteiger partial charge in [0.1, 0.15) is 5.92 Å². The van der Waals surface area contributed by atoms with Crippen molar-refractivity contribution in [2.24, 2.45) is 10.9 Å². The average Bonchev–Trinajstić information content (AvgIpc) is 3.01. The first-order valence-corrected chi connectivity index (χ1v) is 10.5. The van der Waals surface area contributed by atoms with Crippen LogP contribution in [0.2, 0.25) is 0 Å². The summed E-state index contributed by atoms with van der Waals surface area (Å²) in [5.74, 6) is -0.192. The second-order valence-corrected chi connectivity index (χ2v) is 8.00. The number of nitrogens with one attached hydrogen (secondary N) is 1. The first-order valence-electron chi connectivity index (χ1n) is 8.36. The molecule has 25 heavy (non-hydrogen) atoms. The zero-order valence-corrected chi connectivity index (χ0v) is 15.8. The van der Waals surface area contributed by atoms with Gasteiger partial charge >= 0.3 is 0 Å². The number of aliphatic hydroxyl groups is 1. The van der Waals surface area contributed by atoms with Gasteiger partial charge < -0.3 is 5.11 Å². The molecule has 2 heterocycles. The Hall–Kier alpha value is -1.46. The molecule has 5 nitrogen and oxygen atoms in total.